The molecule has 0 spiro atoms. The maximum absolute atomic E-state index is 12.9. The van der Waals surface area contributed by atoms with Crippen LogP contribution in [-0.2, 0) is 20.7 Å². The number of pyridine rings is 4. The standard InChI is InChI=1S/C29H28F3N3O2.C11H12N2O2.C6H5N3O5.C6H4N2O4.C6H8O2.C5H7N2.C5H5N/c1-20-28(26-4-2-3-17-35(26)33-20)27(36)14-7-21-5-10-24(11-6-21)34-18-15-23(16-19-34)22-8-12-25(13-9-22)37-29(30,31)32;1-3-15-11(14)10-8(2)12-13-7-5-4-6-9(10)13;7-14-6-2-1-4(8(10)11)3-5(6)9(12)13;9-7(10)5-2-1-3-6(4-5)8(11)12;1-3-5-6(7)8-4-2;6-7-4-2-1-3-5-7;1-2-4-6-5-3-1/h2-6,8-13,17,23H,7,14-16,18-19H2,1H3;4-7H,3H2,1-2H3;1-3H,7H2;1-4H;4H2,1-2H3;1-5H,6H2;1-5H/q;;;;;+1;. The lowest BCUT2D eigenvalue weighted by molar-refractivity contribution is -0.638. The Morgan fingerprint density at radius 1 is 0.646 bits per heavy atom. The Morgan fingerprint density at radius 2 is 1.18 bits per heavy atom. The number of aromatic nitrogens is 6. The lowest BCUT2D eigenvalue weighted by atomic mass is 9.89. The van der Waals surface area contributed by atoms with Crippen LogP contribution < -0.4 is 30.9 Å². The molecule has 0 atom stereocenters. The van der Waals surface area contributed by atoms with Crippen molar-refractivity contribution in [1.29, 1.82) is 0 Å². The molecule has 10 aromatic rings. The first-order chi connectivity index (χ1) is 47.4. The van der Waals surface area contributed by atoms with Crippen LogP contribution in [0.3, 0.4) is 0 Å². The fraction of sp³-hybridized carbons (Fsp3) is 0.221. The van der Waals surface area contributed by atoms with Crippen molar-refractivity contribution in [1.82, 2.24) is 24.2 Å². The highest BCUT2D eigenvalue weighted by Crippen LogP contribution is 2.34. The fourth-order valence-electron chi connectivity index (χ4n) is 9.28. The Hall–Kier alpha value is -12.7. The van der Waals surface area contributed by atoms with E-state index in [2.05, 4.69) is 70.5 Å². The van der Waals surface area contributed by atoms with Crippen molar-refractivity contribution < 1.29 is 71.0 Å². The number of nitrogen functional groups attached to an aromatic ring is 1. The molecular weight excluding hydrogens is 1300 g/mol. The van der Waals surface area contributed by atoms with Crippen molar-refractivity contribution in [3.8, 4) is 23.3 Å². The van der Waals surface area contributed by atoms with Gasteiger partial charge >= 0.3 is 24.0 Å². The summed E-state index contributed by atoms with van der Waals surface area (Å²) in [4.78, 5) is 83.2. The van der Waals surface area contributed by atoms with E-state index in [1.165, 1.54) is 35.0 Å². The molecule has 0 unspecified atom stereocenters. The molecule has 1 saturated heterocycles. The number of carbonyl (C=O) groups is 3. The van der Waals surface area contributed by atoms with Gasteiger partial charge < -0.3 is 23.9 Å². The maximum atomic E-state index is 12.9. The summed E-state index contributed by atoms with van der Waals surface area (Å²) >= 11 is 0. The number of nitrogens with two attached hydrogens (primary N) is 2. The van der Waals surface area contributed by atoms with Crippen LogP contribution in [0.4, 0.5) is 41.6 Å². The van der Waals surface area contributed by atoms with Crippen LogP contribution in [0.25, 0.3) is 11.0 Å². The number of piperidine rings is 1. The molecule has 4 N–H and O–H groups in total. The Balaban J connectivity index is 0.000000236. The highest BCUT2D eigenvalue weighted by atomic mass is 19.4. The summed E-state index contributed by atoms with van der Waals surface area (Å²) in [6.45, 7) is 11.3. The highest BCUT2D eigenvalue weighted by molar-refractivity contribution is 6.03. The SMILES string of the molecule is CC#CC(=O)OCC.CCOC(=O)c1c(C)nn2ccccc12.Cc1nn2ccccc2c1C(=O)CCc1ccc(N2CCC(c3ccc(OC(F)(F)F)cc3)CC2)cc1.NOc1ccc([N+](=O)[O-])cc1[N+](=O)[O-].N[n+]1ccccc1.O=[N+]([O-])c1cccc([N+](=O)[O-])c1.c1ccncc1. The number of carbonyl (C=O) groups excluding carboxylic acids is 3. The molecule has 31 heteroatoms. The zero-order valence-electron chi connectivity index (χ0n) is 54.1. The summed E-state index contributed by atoms with van der Waals surface area (Å²) in [5, 5.41) is 49.7. The van der Waals surface area contributed by atoms with Gasteiger partial charge in [-0.2, -0.15) is 16.1 Å². The molecule has 1 aliphatic heterocycles. The third-order valence-electron chi connectivity index (χ3n) is 13.7. The number of alkyl halides is 3. The Morgan fingerprint density at radius 3 is 1.65 bits per heavy atom. The molecule has 4 aromatic carbocycles. The zero-order valence-corrected chi connectivity index (χ0v) is 54.1. The number of hydrogen-bond donors (Lipinski definition) is 2. The Kier molecular flexibility index (Phi) is 30.5. The zero-order chi connectivity index (χ0) is 72.4. The molecule has 516 valence electrons. The third kappa shape index (κ3) is 25.2. The molecular formula is C68H69F3N13O15+. The predicted octanol–water partition coefficient (Wildman–Crippen LogP) is 12.2. The number of hydrogen-bond acceptors (Lipinski definition) is 21. The van der Waals surface area contributed by atoms with E-state index >= 15 is 0 Å². The van der Waals surface area contributed by atoms with Crippen molar-refractivity contribution in [2.45, 2.75) is 72.6 Å². The topological polar surface area (TPSA) is 367 Å². The second-order valence-corrected chi connectivity index (χ2v) is 20.4. The molecule has 99 heavy (non-hydrogen) atoms. The molecule has 0 aliphatic carbocycles. The number of non-ortho nitro benzene ring substituents is 3. The normalized spacial score (nSPS) is 11.2. The molecule has 0 amide bonds. The van der Waals surface area contributed by atoms with Gasteiger partial charge in [-0.1, -0.05) is 59.1 Å². The van der Waals surface area contributed by atoms with Gasteiger partial charge in [-0.15, -0.1) is 13.2 Å². The van der Waals surface area contributed by atoms with Crippen LogP contribution in [0.15, 0.2) is 201 Å². The summed E-state index contributed by atoms with van der Waals surface area (Å²) in [6, 6.07) is 44.8. The van der Waals surface area contributed by atoms with Crippen molar-refractivity contribution >= 4 is 57.2 Å². The van der Waals surface area contributed by atoms with Crippen LogP contribution in [0.5, 0.6) is 11.5 Å². The Labute approximate surface area is 564 Å². The fourth-order valence-corrected chi connectivity index (χ4v) is 9.28. The lowest BCUT2D eigenvalue weighted by Gasteiger charge is -2.34. The molecule has 11 rings (SSSR count). The minimum absolute atomic E-state index is 0.0999. The molecule has 0 radical (unpaired) electrons. The lowest BCUT2D eigenvalue weighted by Crippen LogP contribution is -2.42. The number of ketones is 1. The van der Waals surface area contributed by atoms with Crippen LogP contribution >= 0.6 is 0 Å². The van der Waals surface area contributed by atoms with E-state index in [0.29, 0.717) is 48.8 Å². The second-order valence-electron chi connectivity index (χ2n) is 20.4. The van der Waals surface area contributed by atoms with Crippen LogP contribution in [0.1, 0.15) is 89.2 Å². The van der Waals surface area contributed by atoms with Gasteiger partial charge in [0.25, 0.3) is 17.1 Å². The van der Waals surface area contributed by atoms with Crippen LogP contribution in [0, 0.1) is 66.1 Å². The number of nitro groups is 4. The molecule has 28 nitrogen and oxygen atoms in total. The summed E-state index contributed by atoms with van der Waals surface area (Å²) in [7, 11) is 0. The largest absolute Gasteiger partial charge is 0.573 e. The number of fused-ring (bicyclic) bond motifs is 2. The number of nitrogens with zero attached hydrogens (tertiary/aromatic N) is 11. The molecule has 1 aliphatic rings. The van der Waals surface area contributed by atoms with Gasteiger partial charge in [-0.05, 0) is 144 Å². The van der Waals surface area contributed by atoms with E-state index in [9.17, 15) is 68.0 Å². The second kappa shape index (κ2) is 39.2. The summed E-state index contributed by atoms with van der Waals surface area (Å²) in [5.41, 5.74) is 6.13. The van der Waals surface area contributed by atoms with Gasteiger partial charge in [0.05, 0.1) is 73.0 Å². The summed E-state index contributed by atoms with van der Waals surface area (Å²) < 4.78 is 55.5. The van der Waals surface area contributed by atoms with E-state index in [1.54, 1.807) is 73.6 Å². The monoisotopic (exact) mass is 1360 g/mol. The van der Waals surface area contributed by atoms with Crippen LogP contribution in [0.2, 0.25) is 0 Å². The number of halogens is 3. The first-order valence-electron chi connectivity index (χ1n) is 30.0. The number of anilines is 1. The van der Waals surface area contributed by atoms with Crippen molar-refractivity contribution in [2.24, 2.45) is 5.90 Å². The number of esters is 2. The minimum atomic E-state index is -4.67. The maximum Gasteiger partial charge on any atom is 0.573 e. The van der Waals surface area contributed by atoms with Crippen molar-refractivity contribution in [2.75, 3.05) is 37.0 Å². The smallest absolute Gasteiger partial charge is 0.462 e. The van der Waals surface area contributed by atoms with Crippen LogP contribution in [-0.4, -0.2) is 94.3 Å². The van der Waals surface area contributed by atoms with Gasteiger partial charge in [0, 0.05) is 86.2 Å². The number of nitro benzene ring substituents is 4. The molecule has 1 fully saturated rings. The number of ether oxygens (including phenoxy) is 3. The number of rotatable bonds is 15. The summed E-state index contributed by atoms with van der Waals surface area (Å²) in [6.07, 6.45) is 8.98. The van der Waals surface area contributed by atoms with E-state index in [1.807, 2.05) is 92.1 Å². The summed E-state index contributed by atoms with van der Waals surface area (Å²) in [5.74, 6) is 13.9. The van der Waals surface area contributed by atoms with E-state index < -0.39 is 43.4 Å². The average Bonchev–Trinajstić information content (AvgIpc) is 1.67. The van der Waals surface area contributed by atoms with Gasteiger partial charge in [-0.3, -0.25) is 50.2 Å². The molecule has 0 bridgehead atoms. The van der Waals surface area contributed by atoms with Gasteiger partial charge in [0.2, 0.25) is 5.75 Å². The van der Waals surface area contributed by atoms with E-state index in [0.717, 1.165) is 83.7 Å². The number of aryl methyl sites for hydroxylation is 3. The van der Waals surface area contributed by atoms with Crippen molar-refractivity contribution in [3.63, 3.8) is 0 Å². The first kappa shape index (κ1) is 77.0. The Bertz CT molecular complexity index is 4300. The number of Topliss-reactive ketones (excluding diaryl/α,β-unsaturated/α-hetero) is 1. The van der Waals surface area contributed by atoms with E-state index in [4.69, 9.17) is 16.5 Å². The van der Waals surface area contributed by atoms with Crippen molar-refractivity contribution in [3.05, 3.63) is 275 Å². The average molecular weight is 1370 g/mol. The van der Waals surface area contributed by atoms with Gasteiger partial charge in [-0.25, -0.2) is 24.5 Å². The first-order valence-corrected chi connectivity index (χ1v) is 30.0. The third-order valence-corrected chi connectivity index (χ3v) is 13.7. The van der Waals surface area contributed by atoms with Gasteiger partial charge in [0.15, 0.2) is 18.2 Å². The molecule has 7 heterocycles. The number of benzene rings is 4. The molecule has 0 saturated carbocycles. The van der Waals surface area contributed by atoms with Gasteiger partial charge in [0.1, 0.15) is 11.3 Å². The predicted molar refractivity (Wildman–Crippen MR) is 358 cm³/mol. The molecule has 6 aromatic heterocycles. The highest BCUT2D eigenvalue weighted by Gasteiger charge is 2.31. The van der Waals surface area contributed by atoms with E-state index in [-0.39, 0.29) is 34.6 Å². The minimum Gasteiger partial charge on any atom is -0.462 e. The quantitative estimate of drug-likeness (QED) is 0.0141.